The topological polar surface area (TPSA) is 91.0 Å². The summed E-state index contributed by atoms with van der Waals surface area (Å²) in [5.74, 6) is 0.670. The van der Waals surface area contributed by atoms with Crippen molar-refractivity contribution in [2.75, 3.05) is 37.3 Å². The van der Waals surface area contributed by atoms with Gasteiger partial charge in [0.1, 0.15) is 10.8 Å². The SMILES string of the molecule is CSc1nc(N2CCN(C(=O)O)CC2)cn2c(=O)c(C)c(C)nc12. The van der Waals surface area contributed by atoms with Crippen LogP contribution in [0.1, 0.15) is 11.3 Å². The maximum atomic E-state index is 12.6. The summed E-state index contributed by atoms with van der Waals surface area (Å²) >= 11 is 1.44. The van der Waals surface area contributed by atoms with Gasteiger partial charge in [-0.2, -0.15) is 0 Å². The summed E-state index contributed by atoms with van der Waals surface area (Å²) in [6.45, 7) is 5.52. The number of fused-ring (bicyclic) bond motifs is 1. The Morgan fingerprint density at radius 1 is 1.21 bits per heavy atom. The van der Waals surface area contributed by atoms with Gasteiger partial charge in [-0.15, -0.1) is 11.8 Å². The molecule has 0 saturated carbocycles. The van der Waals surface area contributed by atoms with Crippen LogP contribution in [0.25, 0.3) is 5.65 Å². The number of aryl methyl sites for hydroxylation is 1. The Kier molecular flexibility index (Phi) is 4.35. The van der Waals surface area contributed by atoms with E-state index in [0.29, 0.717) is 53.9 Å². The molecule has 3 rings (SSSR count). The van der Waals surface area contributed by atoms with Crippen LogP contribution in [0, 0.1) is 13.8 Å². The van der Waals surface area contributed by atoms with Crippen molar-refractivity contribution in [1.82, 2.24) is 19.3 Å². The molecule has 9 heteroatoms. The number of hydrogen-bond donors (Lipinski definition) is 1. The van der Waals surface area contributed by atoms with Crippen molar-refractivity contribution in [3.63, 3.8) is 0 Å². The van der Waals surface area contributed by atoms with Crippen LogP contribution in [0.2, 0.25) is 0 Å². The molecule has 1 fully saturated rings. The van der Waals surface area contributed by atoms with Crippen molar-refractivity contribution in [2.45, 2.75) is 18.9 Å². The van der Waals surface area contributed by atoms with E-state index >= 15 is 0 Å². The fourth-order valence-electron chi connectivity index (χ4n) is 2.71. The highest BCUT2D eigenvalue weighted by Crippen LogP contribution is 2.22. The summed E-state index contributed by atoms with van der Waals surface area (Å²) < 4.78 is 1.54. The number of nitrogens with zero attached hydrogens (tertiary/aromatic N) is 5. The average molecular weight is 349 g/mol. The highest BCUT2D eigenvalue weighted by Gasteiger charge is 2.22. The van der Waals surface area contributed by atoms with Gasteiger partial charge < -0.3 is 14.9 Å². The monoisotopic (exact) mass is 349 g/mol. The van der Waals surface area contributed by atoms with E-state index in [1.807, 2.05) is 18.1 Å². The van der Waals surface area contributed by atoms with Crippen LogP contribution in [0.3, 0.4) is 0 Å². The predicted molar refractivity (Wildman–Crippen MR) is 92.3 cm³/mol. The minimum Gasteiger partial charge on any atom is -0.465 e. The standard InChI is InChI=1S/C15H19N5O3S/c1-9-10(2)16-12-13(24-3)17-11(8-20(12)14(9)21)18-4-6-19(7-5-18)15(22)23/h8H,4-7H2,1-3H3,(H,22,23). The van der Waals surface area contributed by atoms with Gasteiger partial charge in [-0.3, -0.25) is 9.20 Å². The van der Waals surface area contributed by atoms with Gasteiger partial charge in [0.25, 0.3) is 5.56 Å². The van der Waals surface area contributed by atoms with E-state index in [2.05, 4.69) is 9.97 Å². The van der Waals surface area contributed by atoms with Gasteiger partial charge in [0.2, 0.25) is 0 Å². The van der Waals surface area contributed by atoms with Gasteiger partial charge in [0.05, 0.1) is 6.20 Å². The van der Waals surface area contributed by atoms with E-state index in [4.69, 9.17) is 5.11 Å². The predicted octanol–water partition coefficient (Wildman–Crippen LogP) is 1.23. The molecule has 1 N–H and O–H groups in total. The van der Waals surface area contributed by atoms with Crippen LogP contribution in [0.4, 0.5) is 10.6 Å². The van der Waals surface area contributed by atoms with Gasteiger partial charge in [-0.05, 0) is 20.1 Å². The lowest BCUT2D eigenvalue weighted by Gasteiger charge is -2.34. The lowest BCUT2D eigenvalue weighted by Crippen LogP contribution is -2.48. The molecule has 128 valence electrons. The minimum absolute atomic E-state index is 0.0966. The Morgan fingerprint density at radius 2 is 1.88 bits per heavy atom. The largest absolute Gasteiger partial charge is 0.465 e. The van der Waals surface area contributed by atoms with E-state index in [9.17, 15) is 9.59 Å². The molecule has 0 atom stereocenters. The first-order valence-corrected chi connectivity index (χ1v) is 8.82. The first-order chi connectivity index (χ1) is 11.4. The van der Waals surface area contributed by atoms with Crippen LogP contribution in [-0.2, 0) is 0 Å². The molecule has 1 amide bonds. The maximum absolute atomic E-state index is 12.6. The molecule has 2 aromatic heterocycles. The molecular weight excluding hydrogens is 330 g/mol. The summed E-state index contributed by atoms with van der Waals surface area (Å²) in [5, 5.41) is 9.73. The zero-order valence-electron chi connectivity index (χ0n) is 13.8. The second-order valence-electron chi connectivity index (χ2n) is 5.69. The zero-order valence-corrected chi connectivity index (χ0v) is 14.6. The molecule has 24 heavy (non-hydrogen) atoms. The Hall–Kier alpha value is -2.29. The molecule has 3 heterocycles. The van der Waals surface area contributed by atoms with Gasteiger partial charge in [-0.1, -0.05) is 0 Å². The summed E-state index contributed by atoms with van der Waals surface area (Å²) in [6, 6.07) is 0. The van der Waals surface area contributed by atoms with E-state index in [0.717, 1.165) is 0 Å². The Morgan fingerprint density at radius 3 is 2.46 bits per heavy atom. The molecule has 0 radical (unpaired) electrons. The number of hydrogen-bond acceptors (Lipinski definition) is 6. The zero-order chi connectivity index (χ0) is 17.4. The van der Waals surface area contributed by atoms with Crippen LogP contribution >= 0.6 is 11.8 Å². The van der Waals surface area contributed by atoms with Crippen molar-refractivity contribution >= 4 is 29.3 Å². The minimum atomic E-state index is -0.905. The summed E-state index contributed by atoms with van der Waals surface area (Å²) in [4.78, 5) is 36.1. The third-order valence-electron chi connectivity index (χ3n) is 4.30. The molecule has 2 aromatic rings. The van der Waals surface area contributed by atoms with Crippen molar-refractivity contribution < 1.29 is 9.90 Å². The molecule has 1 aliphatic rings. The van der Waals surface area contributed by atoms with Crippen molar-refractivity contribution in [2.24, 2.45) is 0 Å². The summed E-state index contributed by atoms with van der Waals surface area (Å²) in [7, 11) is 0. The van der Waals surface area contributed by atoms with E-state index in [1.165, 1.54) is 16.7 Å². The van der Waals surface area contributed by atoms with Crippen LogP contribution < -0.4 is 10.5 Å². The highest BCUT2D eigenvalue weighted by atomic mass is 32.2. The molecule has 0 spiro atoms. The number of carboxylic acid groups (broad SMARTS) is 1. The van der Waals surface area contributed by atoms with E-state index in [-0.39, 0.29) is 5.56 Å². The number of thioether (sulfide) groups is 1. The number of carbonyl (C=O) groups is 1. The van der Waals surface area contributed by atoms with Crippen LogP contribution in [0.5, 0.6) is 0 Å². The summed E-state index contributed by atoms with van der Waals surface area (Å²) in [5.41, 5.74) is 1.79. The fraction of sp³-hybridized carbons (Fsp3) is 0.467. The molecule has 1 saturated heterocycles. The molecule has 1 aliphatic heterocycles. The smallest absolute Gasteiger partial charge is 0.407 e. The number of rotatable bonds is 2. The first-order valence-electron chi connectivity index (χ1n) is 7.59. The van der Waals surface area contributed by atoms with Crippen LogP contribution in [0.15, 0.2) is 16.0 Å². The number of aromatic nitrogens is 3. The fourth-order valence-corrected chi connectivity index (χ4v) is 3.22. The van der Waals surface area contributed by atoms with Crippen molar-refractivity contribution in [3.8, 4) is 0 Å². The second-order valence-corrected chi connectivity index (χ2v) is 6.48. The molecule has 0 aromatic carbocycles. The van der Waals surface area contributed by atoms with E-state index < -0.39 is 6.09 Å². The van der Waals surface area contributed by atoms with Gasteiger partial charge in [0.15, 0.2) is 5.65 Å². The third kappa shape index (κ3) is 2.79. The highest BCUT2D eigenvalue weighted by molar-refractivity contribution is 7.98. The summed E-state index contributed by atoms with van der Waals surface area (Å²) in [6.07, 6.45) is 2.70. The Labute approximate surface area is 143 Å². The Bertz CT molecular complexity index is 858. The quantitative estimate of drug-likeness (QED) is 0.815. The number of anilines is 1. The van der Waals surface area contributed by atoms with Gasteiger partial charge in [0, 0.05) is 37.4 Å². The number of amides is 1. The number of piperazine rings is 1. The molecular formula is C15H19N5O3S. The van der Waals surface area contributed by atoms with Crippen molar-refractivity contribution in [3.05, 3.63) is 27.8 Å². The maximum Gasteiger partial charge on any atom is 0.407 e. The Balaban J connectivity index is 2.04. The normalized spacial score (nSPS) is 15.1. The van der Waals surface area contributed by atoms with Crippen LogP contribution in [-0.4, -0.2) is 62.9 Å². The molecule has 0 aliphatic carbocycles. The van der Waals surface area contributed by atoms with Gasteiger partial charge in [-0.25, -0.2) is 14.8 Å². The van der Waals surface area contributed by atoms with E-state index in [1.54, 1.807) is 17.5 Å². The average Bonchev–Trinajstić information content (AvgIpc) is 2.59. The molecule has 8 nitrogen and oxygen atoms in total. The second kappa shape index (κ2) is 6.31. The third-order valence-corrected chi connectivity index (χ3v) is 4.96. The first kappa shape index (κ1) is 16.6. The lowest BCUT2D eigenvalue weighted by molar-refractivity contribution is 0.142. The molecule has 0 bridgehead atoms. The molecule has 0 unspecified atom stereocenters. The van der Waals surface area contributed by atoms with Gasteiger partial charge >= 0.3 is 6.09 Å². The lowest BCUT2D eigenvalue weighted by atomic mass is 10.2. The van der Waals surface area contributed by atoms with Crippen molar-refractivity contribution in [1.29, 1.82) is 0 Å².